The summed E-state index contributed by atoms with van der Waals surface area (Å²) in [5.74, 6) is -0.677. The Bertz CT molecular complexity index is 722. The highest BCUT2D eigenvalue weighted by molar-refractivity contribution is 7.10. The molecule has 0 saturated carbocycles. The summed E-state index contributed by atoms with van der Waals surface area (Å²) in [5, 5.41) is 7.33. The first-order valence-electron chi connectivity index (χ1n) is 7.61. The topological polar surface area (TPSA) is 71.1 Å². The van der Waals surface area contributed by atoms with Crippen LogP contribution in [0.2, 0.25) is 0 Å². The van der Waals surface area contributed by atoms with E-state index in [-0.39, 0.29) is 17.5 Å². The highest BCUT2D eigenvalue weighted by Gasteiger charge is 2.11. The van der Waals surface area contributed by atoms with Gasteiger partial charge in [0.25, 0.3) is 5.91 Å². The maximum Gasteiger partial charge on any atom is 0.267 e. The lowest BCUT2D eigenvalue weighted by molar-refractivity contribution is -0.121. The van der Waals surface area contributed by atoms with Crippen molar-refractivity contribution in [3.8, 4) is 0 Å². The largest absolute Gasteiger partial charge is 0.351 e. The molecule has 6 heteroatoms. The van der Waals surface area contributed by atoms with E-state index in [1.54, 1.807) is 30.6 Å². The van der Waals surface area contributed by atoms with Gasteiger partial charge in [0.05, 0.1) is 0 Å². The molecule has 2 amide bonds. The van der Waals surface area contributed by atoms with E-state index in [0.29, 0.717) is 6.54 Å². The van der Waals surface area contributed by atoms with Gasteiger partial charge in [0.2, 0.25) is 5.91 Å². The van der Waals surface area contributed by atoms with Crippen LogP contribution < -0.4 is 10.6 Å². The third-order valence-corrected chi connectivity index (χ3v) is 3.81. The number of carbonyl (C=O) groups is 2. The second-order valence-corrected chi connectivity index (χ2v) is 5.92. The van der Waals surface area contributed by atoms with Crippen LogP contribution in [0, 0.1) is 0 Å². The Morgan fingerprint density at radius 3 is 2.83 bits per heavy atom. The highest BCUT2D eigenvalue weighted by Crippen LogP contribution is 2.10. The molecule has 2 aromatic heterocycles. The van der Waals surface area contributed by atoms with Gasteiger partial charge in [0.15, 0.2) is 0 Å². The fourth-order valence-electron chi connectivity index (χ4n) is 1.84. The summed E-state index contributed by atoms with van der Waals surface area (Å²) in [7, 11) is 0. The summed E-state index contributed by atoms with van der Waals surface area (Å²) in [6, 6.07) is 7.41. The van der Waals surface area contributed by atoms with Gasteiger partial charge in [-0.25, -0.2) is 0 Å². The van der Waals surface area contributed by atoms with E-state index in [4.69, 9.17) is 0 Å². The van der Waals surface area contributed by atoms with Crippen LogP contribution >= 0.6 is 11.3 Å². The summed E-state index contributed by atoms with van der Waals surface area (Å²) in [6.45, 7) is 2.51. The molecule has 0 unspecified atom stereocenters. The first-order chi connectivity index (χ1) is 11.7. The van der Waals surface area contributed by atoms with Crippen molar-refractivity contribution in [2.24, 2.45) is 0 Å². The molecular weight excluding hydrogens is 322 g/mol. The monoisotopic (exact) mass is 341 g/mol. The molecule has 0 spiro atoms. The van der Waals surface area contributed by atoms with Crippen LogP contribution in [0.25, 0.3) is 12.2 Å². The minimum atomic E-state index is -0.356. The highest BCUT2D eigenvalue weighted by atomic mass is 32.1. The lowest BCUT2D eigenvalue weighted by Gasteiger charge is -2.09. The van der Waals surface area contributed by atoms with E-state index >= 15 is 0 Å². The predicted molar refractivity (Wildman–Crippen MR) is 97.0 cm³/mol. The van der Waals surface area contributed by atoms with Gasteiger partial charge in [-0.15, -0.1) is 11.3 Å². The van der Waals surface area contributed by atoms with Crippen LogP contribution in [-0.2, 0) is 9.59 Å². The second kappa shape index (κ2) is 9.42. The average Bonchev–Trinajstić information content (AvgIpc) is 3.12. The van der Waals surface area contributed by atoms with E-state index in [1.165, 1.54) is 17.4 Å². The molecular formula is C18H19N3O2S. The van der Waals surface area contributed by atoms with Gasteiger partial charge in [0, 0.05) is 29.9 Å². The Hall–Kier alpha value is -2.73. The smallest absolute Gasteiger partial charge is 0.267 e. The van der Waals surface area contributed by atoms with E-state index in [2.05, 4.69) is 15.6 Å². The molecule has 0 atom stereocenters. The standard InChI is InChI=1S/C18H19N3O2S/c1-2-9-20-18(23)16(12-14-5-3-10-19-13-14)21-17(22)8-7-15-6-4-11-24-15/h3-8,10-13H,2,9H2,1H3,(H,20,23)(H,21,22)/b8-7+,16-12-. The summed E-state index contributed by atoms with van der Waals surface area (Å²) in [5.41, 5.74) is 0.930. The molecule has 5 nitrogen and oxygen atoms in total. The number of hydrogen-bond donors (Lipinski definition) is 2. The molecule has 0 aliphatic rings. The zero-order chi connectivity index (χ0) is 17.2. The molecule has 2 heterocycles. The second-order valence-electron chi connectivity index (χ2n) is 4.94. The third kappa shape index (κ3) is 5.81. The molecule has 2 aromatic rings. The summed E-state index contributed by atoms with van der Waals surface area (Å²) in [6.07, 6.45) is 8.83. The summed E-state index contributed by atoms with van der Waals surface area (Å²) in [4.78, 5) is 29.3. The minimum absolute atomic E-state index is 0.192. The number of thiophene rings is 1. The molecule has 2 rings (SSSR count). The number of aromatic nitrogens is 1. The fraction of sp³-hybridized carbons (Fsp3) is 0.167. The molecule has 24 heavy (non-hydrogen) atoms. The number of nitrogens with zero attached hydrogens (tertiary/aromatic N) is 1. The Balaban J connectivity index is 2.11. The molecule has 0 aliphatic heterocycles. The molecule has 0 bridgehead atoms. The first kappa shape index (κ1) is 17.6. The Morgan fingerprint density at radius 2 is 2.17 bits per heavy atom. The average molecular weight is 341 g/mol. The Kier molecular flexibility index (Phi) is 6.91. The van der Waals surface area contributed by atoms with Crippen LogP contribution in [0.5, 0.6) is 0 Å². The zero-order valence-corrected chi connectivity index (χ0v) is 14.2. The van der Waals surface area contributed by atoms with E-state index in [0.717, 1.165) is 16.9 Å². The minimum Gasteiger partial charge on any atom is -0.351 e. The van der Waals surface area contributed by atoms with Crippen molar-refractivity contribution in [1.82, 2.24) is 15.6 Å². The van der Waals surface area contributed by atoms with Crippen molar-refractivity contribution in [3.63, 3.8) is 0 Å². The molecule has 124 valence electrons. The van der Waals surface area contributed by atoms with E-state index < -0.39 is 0 Å². The number of hydrogen-bond acceptors (Lipinski definition) is 4. The van der Waals surface area contributed by atoms with E-state index in [1.807, 2.05) is 30.5 Å². The lowest BCUT2D eigenvalue weighted by atomic mass is 10.2. The molecule has 0 fully saturated rings. The zero-order valence-electron chi connectivity index (χ0n) is 13.4. The molecule has 0 radical (unpaired) electrons. The quantitative estimate of drug-likeness (QED) is 0.761. The Morgan fingerprint density at radius 1 is 1.29 bits per heavy atom. The predicted octanol–water partition coefficient (Wildman–Crippen LogP) is 2.84. The number of amides is 2. The summed E-state index contributed by atoms with van der Waals surface area (Å²) >= 11 is 1.53. The maximum atomic E-state index is 12.2. The van der Waals surface area contributed by atoms with Crippen LogP contribution in [-0.4, -0.2) is 23.3 Å². The molecule has 0 aromatic carbocycles. The van der Waals surface area contributed by atoms with Crippen LogP contribution in [0.3, 0.4) is 0 Å². The van der Waals surface area contributed by atoms with Crippen molar-refractivity contribution < 1.29 is 9.59 Å². The van der Waals surface area contributed by atoms with Gasteiger partial charge in [-0.3, -0.25) is 14.6 Å². The first-order valence-corrected chi connectivity index (χ1v) is 8.49. The maximum absolute atomic E-state index is 12.2. The fourth-order valence-corrected chi connectivity index (χ4v) is 2.46. The van der Waals surface area contributed by atoms with Crippen molar-refractivity contribution >= 4 is 35.3 Å². The van der Waals surface area contributed by atoms with Gasteiger partial charge in [-0.05, 0) is 41.6 Å². The number of rotatable bonds is 7. The van der Waals surface area contributed by atoms with Crippen molar-refractivity contribution in [2.75, 3.05) is 6.54 Å². The van der Waals surface area contributed by atoms with Crippen LogP contribution in [0.15, 0.2) is 53.8 Å². The van der Waals surface area contributed by atoms with Crippen molar-refractivity contribution in [2.45, 2.75) is 13.3 Å². The van der Waals surface area contributed by atoms with Crippen LogP contribution in [0.1, 0.15) is 23.8 Å². The van der Waals surface area contributed by atoms with Gasteiger partial charge in [0.1, 0.15) is 5.70 Å². The van der Waals surface area contributed by atoms with Crippen molar-refractivity contribution in [3.05, 3.63) is 64.3 Å². The van der Waals surface area contributed by atoms with Crippen LogP contribution in [0.4, 0.5) is 0 Å². The number of nitrogens with one attached hydrogen (secondary N) is 2. The number of carbonyl (C=O) groups excluding carboxylic acids is 2. The normalized spacial score (nSPS) is 11.5. The van der Waals surface area contributed by atoms with Crippen molar-refractivity contribution in [1.29, 1.82) is 0 Å². The van der Waals surface area contributed by atoms with Gasteiger partial charge < -0.3 is 10.6 Å². The van der Waals surface area contributed by atoms with E-state index in [9.17, 15) is 9.59 Å². The third-order valence-electron chi connectivity index (χ3n) is 2.98. The summed E-state index contributed by atoms with van der Waals surface area (Å²) < 4.78 is 0. The SMILES string of the molecule is CCCNC(=O)/C(=C/c1cccnc1)NC(=O)/C=C/c1cccs1. The van der Waals surface area contributed by atoms with Gasteiger partial charge >= 0.3 is 0 Å². The van der Waals surface area contributed by atoms with Gasteiger partial charge in [-0.2, -0.15) is 0 Å². The molecule has 2 N–H and O–H groups in total. The molecule has 0 saturated heterocycles. The number of pyridine rings is 1. The van der Waals surface area contributed by atoms with Gasteiger partial charge in [-0.1, -0.05) is 19.1 Å². The molecule has 0 aliphatic carbocycles. The Labute approximate surface area is 145 Å². The lowest BCUT2D eigenvalue weighted by Crippen LogP contribution is -2.34.